The molecule has 1 spiro atoms. The van der Waals surface area contributed by atoms with E-state index in [4.69, 9.17) is 4.74 Å². The predicted octanol–water partition coefficient (Wildman–Crippen LogP) is 7.67. The molecule has 3 fully saturated rings. The second-order valence-electron chi connectivity index (χ2n) is 11.0. The third-order valence-corrected chi connectivity index (χ3v) is 8.81. The lowest BCUT2D eigenvalue weighted by molar-refractivity contribution is -0.141. The van der Waals surface area contributed by atoms with E-state index in [1.54, 1.807) is 0 Å². The first kappa shape index (κ1) is 22.5. The molecular weight excluding hydrogens is 408 g/mol. The van der Waals surface area contributed by atoms with Gasteiger partial charge in [0.15, 0.2) is 0 Å². The fraction of sp³-hybridized carbons (Fsp3) is 0.567. The van der Waals surface area contributed by atoms with Gasteiger partial charge in [-0.3, -0.25) is 4.79 Å². The highest BCUT2D eigenvalue weighted by Gasteiger charge is 2.38. The molecule has 3 aliphatic rings. The number of carbonyl (C=O) groups is 1. The average molecular weight is 447 g/mol. The zero-order valence-corrected chi connectivity index (χ0v) is 19.8. The van der Waals surface area contributed by atoms with Gasteiger partial charge in [-0.15, -0.1) is 0 Å². The van der Waals surface area contributed by atoms with Gasteiger partial charge in [-0.1, -0.05) is 49.2 Å². The number of ether oxygens (including phenoxy) is 1. The molecule has 2 atom stereocenters. The van der Waals surface area contributed by atoms with Crippen molar-refractivity contribution in [1.82, 2.24) is 0 Å². The van der Waals surface area contributed by atoms with Gasteiger partial charge in [0.25, 0.3) is 0 Å². The molecule has 0 radical (unpaired) electrons. The molecular formula is C30H38O3. The number of rotatable bonds is 7. The fourth-order valence-electron chi connectivity index (χ4n) is 6.70. The van der Waals surface area contributed by atoms with Crippen molar-refractivity contribution in [2.45, 2.75) is 89.6 Å². The van der Waals surface area contributed by atoms with Crippen LogP contribution in [0.1, 0.15) is 82.6 Å². The first-order valence-corrected chi connectivity index (χ1v) is 13.2. The van der Waals surface area contributed by atoms with Crippen LogP contribution in [-0.2, 0) is 11.2 Å². The van der Waals surface area contributed by atoms with Gasteiger partial charge < -0.3 is 9.84 Å². The second kappa shape index (κ2) is 9.91. The van der Waals surface area contributed by atoms with Crippen LogP contribution >= 0.6 is 0 Å². The van der Waals surface area contributed by atoms with E-state index in [0.717, 1.165) is 37.9 Å². The van der Waals surface area contributed by atoms with Crippen LogP contribution in [0.25, 0.3) is 11.1 Å². The molecule has 0 saturated heterocycles. The normalized spacial score (nSPS) is 24.8. The number of carboxylic acids is 1. The summed E-state index contributed by atoms with van der Waals surface area (Å²) in [5.41, 5.74) is 4.47. The number of carboxylic acid groups (broad SMARTS) is 1. The summed E-state index contributed by atoms with van der Waals surface area (Å²) < 4.78 is 6.35. The van der Waals surface area contributed by atoms with Gasteiger partial charge in [0, 0.05) is 0 Å². The number of hydrogen-bond acceptors (Lipinski definition) is 2. The minimum absolute atomic E-state index is 0.125. The summed E-state index contributed by atoms with van der Waals surface area (Å²) in [6.07, 6.45) is 16.1. The minimum atomic E-state index is -0.617. The van der Waals surface area contributed by atoms with Gasteiger partial charge in [-0.05, 0) is 111 Å². The number of aliphatic carboxylic acids is 1. The highest BCUT2D eigenvalue weighted by atomic mass is 16.5. The summed E-state index contributed by atoms with van der Waals surface area (Å²) in [5.74, 6) is 0.804. The van der Waals surface area contributed by atoms with Crippen molar-refractivity contribution < 1.29 is 14.6 Å². The summed E-state index contributed by atoms with van der Waals surface area (Å²) in [5, 5.41) is 9.22. The lowest BCUT2D eigenvalue weighted by atomic mass is 9.72. The van der Waals surface area contributed by atoms with Crippen molar-refractivity contribution in [3.63, 3.8) is 0 Å². The third-order valence-electron chi connectivity index (χ3n) is 8.81. The van der Waals surface area contributed by atoms with Crippen LogP contribution in [0.4, 0.5) is 0 Å². The van der Waals surface area contributed by atoms with Gasteiger partial charge in [0.05, 0.1) is 12.0 Å². The van der Waals surface area contributed by atoms with Crippen LogP contribution in [0, 0.1) is 17.3 Å². The lowest BCUT2D eigenvalue weighted by Gasteiger charge is -2.37. The first-order chi connectivity index (χ1) is 16.1. The largest absolute Gasteiger partial charge is 0.490 e. The van der Waals surface area contributed by atoms with Crippen LogP contribution < -0.4 is 4.74 Å². The molecule has 5 rings (SSSR count). The summed E-state index contributed by atoms with van der Waals surface area (Å²) >= 11 is 0. The Hall–Kier alpha value is -2.29. The van der Waals surface area contributed by atoms with Gasteiger partial charge in [-0.2, -0.15) is 0 Å². The van der Waals surface area contributed by atoms with E-state index in [1.165, 1.54) is 68.1 Å². The molecule has 0 aliphatic heterocycles. The van der Waals surface area contributed by atoms with Crippen LogP contribution in [0.2, 0.25) is 0 Å². The maximum atomic E-state index is 11.2. The Bertz CT molecular complexity index is 931. The molecule has 3 saturated carbocycles. The molecule has 0 amide bonds. The van der Waals surface area contributed by atoms with E-state index in [9.17, 15) is 9.90 Å². The zero-order valence-electron chi connectivity index (χ0n) is 19.8. The molecule has 3 nitrogen and oxygen atoms in total. The van der Waals surface area contributed by atoms with E-state index < -0.39 is 5.97 Å². The fourth-order valence-corrected chi connectivity index (χ4v) is 6.70. The van der Waals surface area contributed by atoms with Gasteiger partial charge >= 0.3 is 5.97 Å². The van der Waals surface area contributed by atoms with E-state index in [-0.39, 0.29) is 5.92 Å². The van der Waals surface area contributed by atoms with Crippen LogP contribution in [0.5, 0.6) is 5.75 Å². The van der Waals surface area contributed by atoms with Crippen LogP contribution in [-0.4, -0.2) is 17.2 Å². The van der Waals surface area contributed by atoms with Crippen molar-refractivity contribution >= 4 is 5.97 Å². The van der Waals surface area contributed by atoms with Gasteiger partial charge in [-0.25, -0.2) is 0 Å². The number of benzene rings is 2. The average Bonchev–Trinajstić information content (AvgIpc) is 3.50. The Morgan fingerprint density at radius 2 is 1.67 bits per heavy atom. The molecule has 2 aromatic carbocycles. The predicted molar refractivity (Wildman–Crippen MR) is 132 cm³/mol. The topological polar surface area (TPSA) is 46.5 Å². The summed E-state index contributed by atoms with van der Waals surface area (Å²) in [4.78, 5) is 11.2. The van der Waals surface area contributed by atoms with E-state index in [2.05, 4.69) is 48.5 Å². The maximum Gasteiger partial charge on any atom is 0.306 e. The monoisotopic (exact) mass is 446 g/mol. The first-order valence-electron chi connectivity index (χ1n) is 13.2. The molecule has 33 heavy (non-hydrogen) atoms. The molecule has 2 unspecified atom stereocenters. The number of hydrogen-bond donors (Lipinski definition) is 1. The Morgan fingerprint density at radius 1 is 0.909 bits per heavy atom. The molecule has 2 aromatic rings. The van der Waals surface area contributed by atoms with E-state index in [0.29, 0.717) is 17.4 Å². The zero-order chi connectivity index (χ0) is 22.7. The van der Waals surface area contributed by atoms with Crippen molar-refractivity contribution in [2.75, 3.05) is 0 Å². The van der Waals surface area contributed by atoms with Crippen LogP contribution in [0.3, 0.4) is 0 Å². The van der Waals surface area contributed by atoms with Crippen molar-refractivity contribution in [1.29, 1.82) is 0 Å². The lowest BCUT2D eigenvalue weighted by Crippen LogP contribution is -2.30. The van der Waals surface area contributed by atoms with Crippen LogP contribution in [0.15, 0.2) is 48.5 Å². The summed E-state index contributed by atoms with van der Waals surface area (Å²) in [7, 11) is 0. The van der Waals surface area contributed by atoms with E-state index >= 15 is 0 Å². The third kappa shape index (κ3) is 5.45. The minimum Gasteiger partial charge on any atom is -0.490 e. The maximum absolute atomic E-state index is 11.2. The smallest absolute Gasteiger partial charge is 0.306 e. The summed E-state index contributed by atoms with van der Waals surface area (Å²) in [6, 6.07) is 17.4. The Labute approximate surface area is 198 Å². The Balaban J connectivity index is 1.14. The molecule has 176 valence electrons. The molecule has 0 heterocycles. The van der Waals surface area contributed by atoms with Gasteiger partial charge in [0.2, 0.25) is 0 Å². The highest BCUT2D eigenvalue weighted by molar-refractivity contribution is 5.70. The second-order valence-corrected chi connectivity index (χ2v) is 11.0. The molecule has 0 aromatic heterocycles. The van der Waals surface area contributed by atoms with Crippen molar-refractivity contribution in [2.24, 2.45) is 17.3 Å². The number of aryl methyl sites for hydroxylation is 1. The standard InChI is InChI=1S/C30H38O3/c31-29(32)26-9-8-23(21-26)7-6-22-4-3-5-25(20-22)24-10-12-27(13-11-24)33-28-14-18-30(19-15-28)16-1-2-17-30/h3-5,10-13,20,23,26,28H,1-2,6-9,14-19,21H2,(H,31,32). The SMILES string of the molecule is O=C(O)C1CCC(CCc2cccc(-c3ccc(OC4CCC5(CCCC5)CC4)cc3)c2)C1. The Kier molecular flexibility index (Phi) is 6.76. The quantitative estimate of drug-likeness (QED) is 0.475. The summed E-state index contributed by atoms with van der Waals surface area (Å²) in [6.45, 7) is 0. The molecule has 3 aliphatic carbocycles. The van der Waals surface area contributed by atoms with Gasteiger partial charge in [0.1, 0.15) is 5.75 Å². The highest BCUT2D eigenvalue weighted by Crippen LogP contribution is 2.49. The Morgan fingerprint density at radius 3 is 2.36 bits per heavy atom. The molecule has 1 N–H and O–H groups in total. The van der Waals surface area contributed by atoms with Crippen molar-refractivity contribution in [3.05, 3.63) is 54.1 Å². The molecule has 0 bridgehead atoms. The van der Waals surface area contributed by atoms with E-state index in [1.807, 2.05) is 0 Å². The van der Waals surface area contributed by atoms with Crippen molar-refractivity contribution in [3.8, 4) is 16.9 Å². The molecule has 3 heteroatoms.